The quantitative estimate of drug-likeness (QED) is 0.590. The van der Waals surface area contributed by atoms with Crippen LogP contribution in [0.2, 0.25) is 0 Å². The first kappa shape index (κ1) is 20.8. The molecule has 3 aromatic rings. The fourth-order valence-electron chi connectivity index (χ4n) is 3.91. The molecule has 1 N–H and O–H groups in total. The van der Waals surface area contributed by atoms with Crippen molar-refractivity contribution >= 4 is 17.6 Å². The molecule has 2 aromatic heterocycles. The number of nitrogens with zero attached hydrogens (tertiary/aromatic N) is 3. The van der Waals surface area contributed by atoms with Gasteiger partial charge in [0, 0.05) is 23.4 Å². The van der Waals surface area contributed by atoms with E-state index in [1.54, 1.807) is 23.9 Å². The van der Waals surface area contributed by atoms with Gasteiger partial charge in [0.25, 0.3) is 0 Å². The van der Waals surface area contributed by atoms with Crippen molar-refractivity contribution in [1.82, 2.24) is 14.8 Å². The molecule has 0 saturated heterocycles. The highest BCUT2D eigenvalue weighted by Gasteiger charge is 2.22. The van der Waals surface area contributed by atoms with Gasteiger partial charge in [0.05, 0.1) is 12.3 Å². The predicted molar refractivity (Wildman–Crippen MR) is 118 cm³/mol. The maximum atomic E-state index is 12.7. The minimum Gasteiger partial charge on any atom is -0.461 e. The van der Waals surface area contributed by atoms with Crippen LogP contribution in [0, 0.1) is 5.92 Å². The number of hydrogen-bond donors (Lipinski definition) is 1. The van der Waals surface area contributed by atoms with Crippen LogP contribution < -0.4 is 5.32 Å². The summed E-state index contributed by atoms with van der Waals surface area (Å²) in [5.41, 5.74) is 2.43. The lowest BCUT2D eigenvalue weighted by Crippen LogP contribution is -2.24. The topological polar surface area (TPSA) is 86.1 Å². The number of aromatic nitrogens is 3. The summed E-state index contributed by atoms with van der Waals surface area (Å²) in [6.45, 7) is 2.03. The number of amides is 1. The Labute approximate surface area is 181 Å². The van der Waals surface area contributed by atoms with Crippen molar-refractivity contribution in [2.24, 2.45) is 5.92 Å². The van der Waals surface area contributed by atoms with E-state index in [4.69, 9.17) is 4.74 Å². The number of rotatable bonds is 6. The summed E-state index contributed by atoms with van der Waals surface area (Å²) < 4.78 is 6.74. The lowest BCUT2D eigenvalue weighted by atomic mass is 9.88. The normalized spacial score (nSPS) is 14.2. The molecule has 0 spiro atoms. The lowest BCUT2D eigenvalue weighted by Gasteiger charge is -2.20. The minimum absolute atomic E-state index is 0.0716. The molecule has 1 saturated carbocycles. The van der Waals surface area contributed by atoms with Gasteiger partial charge in [0.15, 0.2) is 11.5 Å². The molecule has 0 unspecified atom stereocenters. The van der Waals surface area contributed by atoms with Crippen molar-refractivity contribution in [2.75, 3.05) is 11.9 Å². The Balaban J connectivity index is 1.66. The van der Waals surface area contributed by atoms with Gasteiger partial charge < -0.3 is 10.1 Å². The van der Waals surface area contributed by atoms with E-state index in [1.807, 2.05) is 42.5 Å². The molecule has 0 radical (unpaired) electrons. The van der Waals surface area contributed by atoms with E-state index in [-0.39, 0.29) is 24.1 Å². The second kappa shape index (κ2) is 9.55. The standard InChI is InChI=1S/C24H26N4O3/c1-2-31-24(30)20-16-21(28(27-20)22-13-6-7-14-25-22)18-11-8-12-19(15-18)26-23(29)17-9-4-3-5-10-17/h6-8,11-17H,2-5,9-10H2,1H3,(H,26,29). The molecule has 0 bridgehead atoms. The van der Waals surface area contributed by atoms with Gasteiger partial charge in [0.1, 0.15) is 0 Å². The largest absolute Gasteiger partial charge is 0.461 e. The molecular formula is C24H26N4O3. The van der Waals surface area contributed by atoms with Crippen molar-refractivity contribution in [1.29, 1.82) is 0 Å². The van der Waals surface area contributed by atoms with Gasteiger partial charge >= 0.3 is 5.97 Å². The molecule has 4 rings (SSSR count). The molecular weight excluding hydrogens is 392 g/mol. The summed E-state index contributed by atoms with van der Waals surface area (Å²) in [4.78, 5) is 29.3. The predicted octanol–water partition coefficient (Wildman–Crippen LogP) is 4.63. The number of anilines is 1. The summed E-state index contributed by atoms with van der Waals surface area (Å²) in [6.07, 6.45) is 6.99. The van der Waals surface area contributed by atoms with Gasteiger partial charge in [-0.1, -0.05) is 37.5 Å². The summed E-state index contributed by atoms with van der Waals surface area (Å²) >= 11 is 0. The Morgan fingerprint density at radius 3 is 2.68 bits per heavy atom. The fraction of sp³-hybridized carbons (Fsp3) is 0.333. The molecule has 1 aliphatic rings. The minimum atomic E-state index is -0.486. The molecule has 1 fully saturated rings. The smallest absolute Gasteiger partial charge is 0.358 e. The Kier molecular flexibility index (Phi) is 6.40. The van der Waals surface area contributed by atoms with Crippen LogP contribution in [-0.2, 0) is 9.53 Å². The Morgan fingerprint density at radius 1 is 1.10 bits per heavy atom. The lowest BCUT2D eigenvalue weighted by molar-refractivity contribution is -0.120. The van der Waals surface area contributed by atoms with Gasteiger partial charge in [-0.25, -0.2) is 14.5 Å². The zero-order chi connectivity index (χ0) is 21.6. The first-order chi connectivity index (χ1) is 15.2. The Hall–Kier alpha value is -3.48. The average molecular weight is 418 g/mol. The number of ether oxygens (including phenoxy) is 1. The van der Waals surface area contributed by atoms with Crippen LogP contribution in [0.5, 0.6) is 0 Å². The molecule has 0 aliphatic heterocycles. The highest BCUT2D eigenvalue weighted by molar-refractivity contribution is 5.93. The summed E-state index contributed by atoms with van der Waals surface area (Å²) in [5, 5.41) is 7.49. The first-order valence-corrected chi connectivity index (χ1v) is 10.8. The molecule has 0 atom stereocenters. The first-order valence-electron chi connectivity index (χ1n) is 10.8. The van der Waals surface area contributed by atoms with Crippen molar-refractivity contribution in [3.8, 4) is 17.1 Å². The third-order valence-electron chi connectivity index (χ3n) is 5.46. The second-order valence-corrected chi connectivity index (χ2v) is 7.64. The number of benzene rings is 1. The van der Waals surface area contributed by atoms with E-state index in [0.29, 0.717) is 11.5 Å². The van der Waals surface area contributed by atoms with Crippen LogP contribution in [0.25, 0.3) is 17.1 Å². The number of carbonyl (C=O) groups is 2. The van der Waals surface area contributed by atoms with Gasteiger partial charge in [-0.3, -0.25) is 4.79 Å². The van der Waals surface area contributed by atoms with Crippen LogP contribution in [-0.4, -0.2) is 33.2 Å². The fourth-order valence-corrected chi connectivity index (χ4v) is 3.91. The van der Waals surface area contributed by atoms with Crippen LogP contribution >= 0.6 is 0 Å². The molecule has 1 aromatic carbocycles. The molecule has 1 amide bonds. The maximum Gasteiger partial charge on any atom is 0.358 e. The monoisotopic (exact) mass is 418 g/mol. The average Bonchev–Trinajstić information content (AvgIpc) is 3.26. The molecule has 7 nitrogen and oxygen atoms in total. The number of pyridine rings is 1. The van der Waals surface area contributed by atoms with E-state index >= 15 is 0 Å². The van der Waals surface area contributed by atoms with Gasteiger partial charge in [-0.2, -0.15) is 5.10 Å². The Morgan fingerprint density at radius 2 is 1.94 bits per heavy atom. The van der Waals surface area contributed by atoms with Gasteiger partial charge in [-0.15, -0.1) is 0 Å². The summed E-state index contributed by atoms with van der Waals surface area (Å²) in [5.74, 6) is 0.249. The van der Waals surface area contributed by atoms with Crippen LogP contribution in [0.15, 0.2) is 54.7 Å². The third kappa shape index (κ3) is 4.82. The van der Waals surface area contributed by atoms with E-state index in [2.05, 4.69) is 15.4 Å². The molecule has 2 heterocycles. The van der Waals surface area contributed by atoms with E-state index in [0.717, 1.165) is 36.9 Å². The maximum absolute atomic E-state index is 12.7. The van der Waals surface area contributed by atoms with Crippen molar-refractivity contribution in [3.05, 3.63) is 60.4 Å². The third-order valence-corrected chi connectivity index (χ3v) is 5.46. The zero-order valence-electron chi connectivity index (χ0n) is 17.6. The van der Waals surface area contributed by atoms with Crippen molar-refractivity contribution in [3.63, 3.8) is 0 Å². The SMILES string of the molecule is CCOC(=O)c1cc(-c2cccc(NC(=O)C3CCCCC3)c2)n(-c2ccccn2)n1. The van der Waals surface area contributed by atoms with Gasteiger partial charge in [-0.05, 0) is 50.1 Å². The number of hydrogen-bond acceptors (Lipinski definition) is 5. The molecule has 160 valence electrons. The van der Waals surface area contributed by atoms with E-state index in [1.165, 1.54) is 6.42 Å². The zero-order valence-corrected chi connectivity index (χ0v) is 17.6. The van der Waals surface area contributed by atoms with Gasteiger partial charge in [0.2, 0.25) is 5.91 Å². The van der Waals surface area contributed by atoms with E-state index < -0.39 is 5.97 Å². The second-order valence-electron chi connectivity index (χ2n) is 7.64. The summed E-state index contributed by atoms with van der Waals surface area (Å²) in [6, 6.07) is 14.8. The molecule has 1 aliphatic carbocycles. The highest BCUT2D eigenvalue weighted by Crippen LogP contribution is 2.28. The van der Waals surface area contributed by atoms with Crippen LogP contribution in [0.4, 0.5) is 5.69 Å². The van der Waals surface area contributed by atoms with E-state index in [9.17, 15) is 9.59 Å². The van der Waals surface area contributed by atoms with Crippen molar-refractivity contribution < 1.29 is 14.3 Å². The van der Waals surface area contributed by atoms with Crippen LogP contribution in [0.1, 0.15) is 49.5 Å². The molecule has 7 heteroatoms. The number of nitrogens with one attached hydrogen (secondary N) is 1. The van der Waals surface area contributed by atoms with Crippen molar-refractivity contribution in [2.45, 2.75) is 39.0 Å². The Bertz CT molecular complexity index is 1060. The van der Waals surface area contributed by atoms with Crippen LogP contribution in [0.3, 0.4) is 0 Å². The number of esters is 1. The summed E-state index contributed by atoms with van der Waals surface area (Å²) in [7, 11) is 0. The molecule has 31 heavy (non-hydrogen) atoms. The number of carbonyl (C=O) groups excluding carboxylic acids is 2. The highest BCUT2D eigenvalue weighted by atomic mass is 16.5.